The van der Waals surface area contributed by atoms with Crippen LogP contribution in [0.2, 0.25) is 0 Å². The highest BCUT2D eigenvalue weighted by atomic mass is 16.6. The summed E-state index contributed by atoms with van der Waals surface area (Å²) in [5.74, 6) is -0.206. The third kappa shape index (κ3) is 50.1. The largest absolute Gasteiger partial charge is 0.457 e. The van der Waals surface area contributed by atoms with Gasteiger partial charge in [-0.05, 0) is 83.5 Å². The van der Waals surface area contributed by atoms with E-state index in [0.717, 1.165) is 64.2 Å². The van der Waals surface area contributed by atoms with Crippen LogP contribution in [0.1, 0.15) is 245 Å². The lowest BCUT2D eigenvalue weighted by atomic mass is 10.0. The van der Waals surface area contributed by atoms with Crippen LogP contribution >= 0.6 is 0 Å². The molecule has 4 nitrogen and oxygen atoms in total. The molecule has 0 rings (SSSR count). The summed E-state index contributed by atoms with van der Waals surface area (Å²) in [7, 11) is 0. The zero-order valence-corrected chi connectivity index (χ0v) is 39.3. The van der Waals surface area contributed by atoms with Crippen LogP contribution in [0.15, 0.2) is 72.9 Å². The second-order valence-electron chi connectivity index (χ2n) is 16.9. The van der Waals surface area contributed by atoms with Gasteiger partial charge in [0.1, 0.15) is 6.10 Å². The first-order valence-electron chi connectivity index (χ1n) is 25.5. The van der Waals surface area contributed by atoms with E-state index in [1.54, 1.807) is 0 Å². The zero-order valence-electron chi connectivity index (χ0n) is 39.3. The van der Waals surface area contributed by atoms with E-state index in [1.165, 1.54) is 161 Å². The van der Waals surface area contributed by atoms with E-state index in [2.05, 4.69) is 86.8 Å². The van der Waals surface area contributed by atoms with Gasteiger partial charge >= 0.3 is 5.97 Å². The minimum Gasteiger partial charge on any atom is -0.457 e. The van der Waals surface area contributed by atoms with E-state index in [9.17, 15) is 9.90 Å². The molecule has 0 aromatic heterocycles. The molecule has 0 aromatic carbocycles. The maximum absolute atomic E-state index is 12.3. The monoisotopic (exact) mass is 823 g/mol. The molecule has 0 aliphatic carbocycles. The van der Waals surface area contributed by atoms with E-state index in [1.807, 2.05) is 0 Å². The Hall–Kier alpha value is -2.17. The van der Waals surface area contributed by atoms with Crippen molar-refractivity contribution in [1.29, 1.82) is 0 Å². The van der Waals surface area contributed by atoms with Crippen LogP contribution in [-0.2, 0) is 14.3 Å². The van der Waals surface area contributed by atoms with Crippen molar-refractivity contribution in [3.8, 4) is 0 Å². The number of hydrogen-bond acceptors (Lipinski definition) is 4. The van der Waals surface area contributed by atoms with Gasteiger partial charge in [-0.25, -0.2) is 0 Å². The Kier molecular flexibility index (Phi) is 50.1. The fourth-order valence-corrected chi connectivity index (χ4v) is 7.23. The highest BCUT2D eigenvalue weighted by Crippen LogP contribution is 2.15. The number of allylic oxidation sites excluding steroid dienone is 12. The van der Waals surface area contributed by atoms with Crippen molar-refractivity contribution in [3.05, 3.63) is 72.9 Å². The molecule has 0 amide bonds. The maximum Gasteiger partial charge on any atom is 0.306 e. The van der Waals surface area contributed by atoms with E-state index in [4.69, 9.17) is 9.47 Å². The number of esters is 1. The van der Waals surface area contributed by atoms with E-state index < -0.39 is 6.10 Å². The van der Waals surface area contributed by atoms with Gasteiger partial charge in [-0.15, -0.1) is 0 Å². The zero-order chi connectivity index (χ0) is 42.6. The van der Waals surface area contributed by atoms with Gasteiger partial charge in [0, 0.05) is 13.0 Å². The number of rotatable bonds is 47. The summed E-state index contributed by atoms with van der Waals surface area (Å²) >= 11 is 0. The highest BCUT2D eigenvalue weighted by Gasteiger charge is 2.13. The smallest absolute Gasteiger partial charge is 0.306 e. The molecule has 0 saturated carbocycles. The van der Waals surface area contributed by atoms with Gasteiger partial charge in [0.05, 0.1) is 13.2 Å². The van der Waals surface area contributed by atoms with E-state index >= 15 is 0 Å². The van der Waals surface area contributed by atoms with Crippen LogP contribution in [0.5, 0.6) is 0 Å². The molecule has 0 radical (unpaired) electrons. The standard InChI is InChI=1S/C55H98O4/c1-3-5-7-9-11-13-15-17-19-21-23-25-27-28-29-30-32-34-36-38-40-42-44-46-48-50-55(57)59-54(52-56)53-58-51-49-47-45-43-41-39-37-35-33-31-26-24-22-20-18-16-14-12-10-8-6-4-2/h6,8,12,14,18,20-21,23-24,26,33,35,54,56H,3-5,7,9-11,13,15-17,19,22,25,27-32,34,36-53H2,1-2H3/b8-6-,14-12-,20-18-,23-21-,26-24-,35-33-. The van der Waals surface area contributed by atoms with Crippen LogP contribution in [0.25, 0.3) is 0 Å². The van der Waals surface area contributed by atoms with Crippen molar-refractivity contribution >= 4 is 5.97 Å². The molecule has 0 spiro atoms. The quantitative estimate of drug-likeness (QED) is 0.0377. The summed E-state index contributed by atoms with van der Waals surface area (Å²) in [6, 6.07) is 0. The van der Waals surface area contributed by atoms with Crippen LogP contribution < -0.4 is 0 Å². The first-order valence-corrected chi connectivity index (χ1v) is 25.5. The Labute approximate surface area is 367 Å². The molecule has 0 aromatic rings. The Morgan fingerprint density at radius 1 is 0.424 bits per heavy atom. The lowest BCUT2D eigenvalue weighted by Crippen LogP contribution is -2.27. The molecule has 342 valence electrons. The van der Waals surface area contributed by atoms with Crippen molar-refractivity contribution in [2.24, 2.45) is 0 Å². The Bertz CT molecular complexity index is 1000. The molecular formula is C55H98O4. The van der Waals surface area contributed by atoms with Crippen molar-refractivity contribution < 1.29 is 19.4 Å². The Morgan fingerprint density at radius 2 is 0.763 bits per heavy atom. The molecule has 0 fully saturated rings. The predicted octanol–water partition coefficient (Wildman–Crippen LogP) is 17.3. The van der Waals surface area contributed by atoms with Crippen LogP contribution in [0, 0.1) is 0 Å². The molecular weight excluding hydrogens is 725 g/mol. The minimum absolute atomic E-state index is 0.180. The molecule has 0 bridgehead atoms. The van der Waals surface area contributed by atoms with Gasteiger partial charge < -0.3 is 14.6 Å². The van der Waals surface area contributed by atoms with Crippen LogP contribution in [0.3, 0.4) is 0 Å². The number of unbranched alkanes of at least 4 members (excludes halogenated alkanes) is 27. The number of aliphatic hydroxyl groups is 1. The molecule has 1 N–H and O–H groups in total. The van der Waals surface area contributed by atoms with Gasteiger partial charge in [-0.3, -0.25) is 4.79 Å². The average Bonchev–Trinajstić information content (AvgIpc) is 3.24. The average molecular weight is 823 g/mol. The van der Waals surface area contributed by atoms with E-state index in [0.29, 0.717) is 13.0 Å². The Balaban J connectivity index is 3.44. The van der Waals surface area contributed by atoms with Gasteiger partial charge in [0.2, 0.25) is 0 Å². The minimum atomic E-state index is -0.546. The Morgan fingerprint density at radius 3 is 1.17 bits per heavy atom. The van der Waals surface area contributed by atoms with Gasteiger partial charge in [-0.2, -0.15) is 0 Å². The fraction of sp³-hybridized carbons (Fsp3) is 0.764. The summed E-state index contributed by atoms with van der Waals surface area (Å²) in [5.41, 5.74) is 0. The maximum atomic E-state index is 12.3. The van der Waals surface area contributed by atoms with Crippen molar-refractivity contribution in [2.75, 3.05) is 19.8 Å². The number of aliphatic hydroxyl groups excluding tert-OH is 1. The summed E-state index contributed by atoms with van der Waals surface area (Å²) in [4.78, 5) is 12.3. The topological polar surface area (TPSA) is 55.8 Å². The third-order valence-electron chi connectivity index (χ3n) is 11.0. The van der Waals surface area contributed by atoms with Gasteiger partial charge in [0.15, 0.2) is 0 Å². The number of hydrogen-bond donors (Lipinski definition) is 1. The van der Waals surface area contributed by atoms with E-state index in [-0.39, 0.29) is 19.2 Å². The second-order valence-corrected chi connectivity index (χ2v) is 16.9. The van der Waals surface area contributed by atoms with Crippen molar-refractivity contribution in [1.82, 2.24) is 0 Å². The first-order chi connectivity index (χ1) is 29.2. The van der Waals surface area contributed by atoms with Gasteiger partial charge in [0.25, 0.3) is 0 Å². The second kappa shape index (κ2) is 52.0. The lowest BCUT2D eigenvalue weighted by Gasteiger charge is -2.15. The van der Waals surface area contributed by atoms with Crippen molar-refractivity contribution in [2.45, 2.75) is 251 Å². The molecule has 0 heterocycles. The molecule has 4 heteroatoms. The summed E-state index contributed by atoms with van der Waals surface area (Å²) in [5, 5.41) is 9.65. The SMILES string of the molecule is CC/C=C\C/C=C\C/C=C\C/C=C\C/C=C\CCCCCCCCOCC(CO)OC(=O)CCCCCCCCCCCCCCC/C=C\CCCCCCCCCC. The molecule has 1 unspecified atom stereocenters. The first kappa shape index (κ1) is 56.8. The molecule has 1 atom stereocenters. The molecule has 0 aliphatic heterocycles. The summed E-state index contributed by atoms with van der Waals surface area (Å²) in [6.07, 6.45) is 71.4. The highest BCUT2D eigenvalue weighted by molar-refractivity contribution is 5.69. The van der Waals surface area contributed by atoms with Gasteiger partial charge in [-0.1, -0.05) is 228 Å². The number of carbonyl (C=O) groups excluding carboxylic acids is 1. The summed E-state index contributed by atoms with van der Waals surface area (Å²) < 4.78 is 11.2. The van der Waals surface area contributed by atoms with Crippen LogP contribution in [-0.4, -0.2) is 37.0 Å². The lowest BCUT2D eigenvalue weighted by molar-refractivity contribution is -0.154. The summed E-state index contributed by atoms with van der Waals surface area (Å²) in [6.45, 7) is 5.22. The molecule has 0 aliphatic rings. The van der Waals surface area contributed by atoms with Crippen LogP contribution in [0.4, 0.5) is 0 Å². The number of ether oxygens (including phenoxy) is 2. The number of carbonyl (C=O) groups is 1. The van der Waals surface area contributed by atoms with Crippen molar-refractivity contribution in [3.63, 3.8) is 0 Å². The third-order valence-corrected chi connectivity index (χ3v) is 11.0. The predicted molar refractivity (Wildman–Crippen MR) is 260 cm³/mol. The normalized spacial score (nSPS) is 12.9. The molecule has 59 heavy (non-hydrogen) atoms. The molecule has 0 saturated heterocycles. The fourth-order valence-electron chi connectivity index (χ4n) is 7.23.